The van der Waals surface area contributed by atoms with Crippen LogP contribution < -0.4 is 5.32 Å². The zero-order valence-electron chi connectivity index (χ0n) is 9.88. The maximum Gasteiger partial charge on any atom is 0.121 e. The molecule has 0 fully saturated rings. The fourth-order valence-electron chi connectivity index (χ4n) is 1.76. The number of nitrogens with zero attached hydrogens (tertiary/aromatic N) is 1. The van der Waals surface area contributed by atoms with E-state index in [1.165, 1.54) is 0 Å². The Kier molecular flexibility index (Phi) is 3.95. The number of hydrogen-bond donors (Lipinski definition) is 2. The molecule has 0 radical (unpaired) electrons. The second-order valence-corrected chi connectivity index (χ2v) is 4.02. The molecule has 1 atom stereocenters. The zero-order chi connectivity index (χ0) is 12.8. The molecule has 0 heterocycles. The van der Waals surface area contributed by atoms with Gasteiger partial charge in [0.1, 0.15) is 11.8 Å². The van der Waals surface area contributed by atoms with E-state index in [-0.39, 0.29) is 5.75 Å². The molecule has 0 spiro atoms. The minimum absolute atomic E-state index is 0.175. The molecule has 3 nitrogen and oxygen atoms in total. The predicted octanol–water partition coefficient (Wildman–Crippen LogP) is 2.75. The molecule has 90 valence electrons. The van der Waals surface area contributed by atoms with Gasteiger partial charge in [-0.15, -0.1) is 0 Å². The molecule has 2 rings (SSSR count). The van der Waals surface area contributed by atoms with Crippen LogP contribution in [0.25, 0.3) is 0 Å². The van der Waals surface area contributed by atoms with Crippen LogP contribution in [-0.2, 0) is 6.54 Å². The summed E-state index contributed by atoms with van der Waals surface area (Å²) in [6, 6.07) is 18.4. The highest BCUT2D eigenvalue weighted by molar-refractivity contribution is 5.32. The normalized spacial score (nSPS) is 11.7. The molecular weight excluding hydrogens is 224 g/mol. The molecule has 0 amide bonds. The van der Waals surface area contributed by atoms with Crippen molar-refractivity contribution in [1.82, 2.24) is 5.32 Å². The Morgan fingerprint density at radius 2 is 1.89 bits per heavy atom. The Balaban J connectivity index is 2.05. The molecule has 1 unspecified atom stereocenters. The first-order chi connectivity index (χ1) is 8.79. The summed E-state index contributed by atoms with van der Waals surface area (Å²) in [6.07, 6.45) is 0. The van der Waals surface area contributed by atoms with Gasteiger partial charge in [0.2, 0.25) is 0 Å². The molecular formula is C15H14N2O. The first-order valence-corrected chi connectivity index (χ1v) is 5.75. The zero-order valence-corrected chi connectivity index (χ0v) is 9.88. The van der Waals surface area contributed by atoms with E-state index in [9.17, 15) is 5.11 Å². The standard InChI is InChI=1S/C15H14N2O/c16-10-15(13-7-4-8-14(18)9-13)17-11-12-5-2-1-3-6-12/h1-9,15,17-18H,11H2. The van der Waals surface area contributed by atoms with Crippen molar-refractivity contribution in [3.8, 4) is 11.8 Å². The van der Waals surface area contributed by atoms with Crippen LogP contribution in [-0.4, -0.2) is 5.11 Å². The van der Waals surface area contributed by atoms with Gasteiger partial charge in [-0.3, -0.25) is 5.32 Å². The summed E-state index contributed by atoms with van der Waals surface area (Å²) in [5.74, 6) is 0.175. The summed E-state index contributed by atoms with van der Waals surface area (Å²) in [7, 11) is 0. The Labute approximate surface area is 106 Å². The molecule has 2 aromatic carbocycles. The third-order valence-electron chi connectivity index (χ3n) is 2.69. The van der Waals surface area contributed by atoms with Crippen LogP contribution >= 0.6 is 0 Å². The number of rotatable bonds is 4. The van der Waals surface area contributed by atoms with E-state index in [1.807, 2.05) is 36.4 Å². The number of phenols is 1. The molecule has 0 aliphatic heterocycles. The molecule has 0 saturated heterocycles. The summed E-state index contributed by atoms with van der Waals surface area (Å²) in [5, 5.41) is 21.7. The number of hydrogen-bond acceptors (Lipinski definition) is 3. The van der Waals surface area contributed by atoms with Crippen molar-refractivity contribution >= 4 is 0 Å². The summed E-state index contributed by atoms with van der Waals surface area (Å²) in [5.41, 5.74) is 1.89. The van der Waals surface area contributed by atoms with E-state index < -0.39 is 6.04 Å². The smallest absolute Gasteiger partial charge is 0.121 e. The number of phenolic OH excluding ortho intramolecular Hbond substituents is 1. The van der Waals surface area contributed by atoms with E-state index in [1.54, 1.807) is 18.2 Å². The van der Waals surface area contributed by atoms with Gasteiger partial charge >= 0.3 is 0 Å². The van der Waals surface area contributed by atoms with Gasteiger partial charge in [-0.05, 0) is 23.3 Å². The molecule has 2 N–H and O–H groups in total. The predicted molar refractivity (Wildman–Crippen MR) is 69.7 cm³/mol. The minimum atomic E-state index is -0.419. The van der Waals surface area contributed by atoms with E-state index in [2.05, 4.69) is 11.4 Å². The second kappa shape index (κ2) is 5.85. The van der Waals surface area contributed by atoms with Crippen molar-refractivity contribution in [2.75, 3.05) is 0 Å². The summed E-state index contributed by atoms with van der Waals surface area (Å²) < 4.78 is 0. The number of aromatic hydroxyl groups is 1. The molecule has 0 bridgehead atoms. The average molecular weight is 238 g/mol. The maximum absolute atomic E-state index is 9.41. The Morgan fingerprint density at radius 1 is 1.11 bits per heavy atom. The van der Waals surface area contributed by atoms with Crippen LogP contribution in [0.4, 0.5) is 0 Å². The first-order valence-electron chi connectivity index (χ1n) is 5.75. The Bertz CT molecular complexity index is 546. The van der Waals surface area contributed by atoms with Gasteiger partial charge in [0, 0.05) is 6.54 Å². The van der Waals surface area contributed by atoms with Crippen LogP contribution in [0.5, 0.6) is 5.75 Å². The minimum Gasteiger partial charge on any atom is -0.508 e. The lowest BCUT2D eigenvalue weighted by Crippen LogP contribution is -2.19. The average Bonchev–Trinajstić information content (AvgIpc) is 2.41. The molecule has 2 aromatic rings. The van der Waals surface area contributed by atoms with Crippen LogP contribution in [0.2, 0.25) is 0 Å². The number of benzene rings is 2. The monoisotopic (exact) mass is 238 g/mol. The third-order valence-corrected chi connectivity index (χ3v) is 2.69. The SMILES string of the molecule is N#CC(NCc1ccccc1)c1cccc(O)c1. The fourth-order valence-corrected chi connectivity index (χ4v) is 1.76. The second-order valence-electron chi connectivity index (χ2n) is 4.02. The van der Waals surface area contributed by atoms with Gasteiger partial charge in [-0.2, -0.15) is 5.26 Å². The highest BCUT2D eigenvalue weighted by Gasteiger charge is 2.09. The highest BCUT2D eigenvalue weighted by Crippen LogP contribution is 2.18. The third kappa shape index (κ3) is 3.09. The summed E-state index contributed by atoms with van der Waals surface area (Å²) in [4.78, 5) is 0. The van der Waals surface area contributed by atoms with Crippen LogP contribution in [0, 0.1) is 11.3 Å². The first kappa shape index (κ1) is 12.2. The molecule has 0 aromatic heterocycles. The summed E-state index contributed by atoms with van der Waals surface area (Å²) in [6.45, 7) is 0.620. The van der Waals surface area contributed by atoms with E-state index in [0.717, 1.165) is 11.1 Å². The number of nitriles is 1. The molecule has 0 aliphatic rings. The van der Waals surface area contributed by atoms with E-state index in [0.29, 0.717) is 6.54 Å². The van der Waals surface area contributed by atoms with Crippen molar-refractivity contribution in [3.05, 3.63) is 65.7 Å². The van der Waals surface area contributed by atoms with Crippen molar-refractivity contribution in [3.63, 3.8) is 0 Å². The van der Waals surface area contributed by atoms with Crippen molar-refractivity contribution in [2.45, 2.75) is 12.6 Å². The molecule has 0 saturated carbocycles. The van der Waals surface area contributed by atoms with Gasteiger partial charge in [-0.25, -0.2) is 0 Å². The van der Waals surface area contributed by atoms with E-state index in [4.69, 9.17) is 5.26 Å². The fraction of sp³-hybridized carbons (Fsp3) is 0.133. The Morgan fingerprint density at radius 3 is 2.56 bits per heavy atom. The van der Waals surface area contributed by atoms with Gasteiger partial charge in [0.25, 0.3) is 0 Å². The van der Waals surface area contributed by atoms with Crippen LogP contribution in [0.1, 0.15) is 17.2 Å². The quantitative estimate of drug-likeness (QED) is 0.861. The lowest BCUT2D eigenvalue weighted by atomic mass is 10.1. The maximum atomic E-state index is 9.41. The molecule has 3 heteroatoms. The van der Waals surface area contributed by atoms with Crippen molar-refractivity contribution in [1.29, 1.82) is 5.26 Å². The molecule has 18 heavy (non-hydrogen) atoms. The van der Waals surface area contributed by atoms with Crippen molar-refractivity contribution in [2.24, 2.45) is 0 Å². The number of nitrogens with one attached hydrogen (secondary N) is 1. The largest absolute Gasteiger partial charge is 0.508 e. The van der Waals surface area contributed by atoms with Gasteiger partial charge in [0.15, 0.2) is 0 Å². The highest BCUT2D eigenvalue weighted by atomic mass is 16.3. The van der Waals surface area contributed by atoms with Gasteiger partial charge < -0.3 is 5.11 Å². The topological polar surface area (TPSA) is 56.0 Å². The molecule has 0 aliphatic carbocycles. The van der Waals surface area contributed by atoms with Gasteiger partial charge in [-0.1, -0.05) is 42.5 Å². The van der Waals surface area contributed by atoms with E-state index >= 15 is 0 Å². The summed E-state index contributed by atoms with van der Waals surface area (Å²) >= 11 is 0. The van der Waals surface area contributed by atoms with Gasteiger partial charge in [0.05, 0.1) is 6.07 Å². The lowest BCUT2D eigenvalue weighted by Gasteiger charge is -2.12. The van der Waals surface area contributed by atoms with Crippen molar-refractivity contribution < 1.29 is 5.11 Å². The Hall–Kier alpha value is -2.31. The van der Waals surface area contributed by atoms with Crippen LogP contribution in [0.15, 0.2) is 54.6 Å². The van der Waals surface area contributed by atoms with Crippen LogP contribution in [0.3, 0.4) is 0 Å². The lowest BCUT2D eigenvalue weighted by molar-refractivity contribution is 0.473.